The summed E-state index contributed by atoms with van der Waals surface area (Å²) in [6.07, 6.45) is 0.805. The van der Waals surface area contributed by atoms with Gasteiger partial charge in [0, 0.05) is 19.6 Å². The van der Waals surface area contributed by atoms with Crippen molar-refractivity contribution in [1.29, 1.82) is 0 Å². The molecule has 0 aliphatic rings. The first-order valence-electron chi connectivity index (χ1n) is 16.7. The van der Waals surface area contributed by atoms with Crippen molar-refractivity contribution in [3.8, 4) is 17.2 Å². The third kappa shape index (κ3) is 8.50. The molecule has 0 unspecified atom stereocenters. The summed E-state index contributed by atoms with van der Waals surface area (Å²) in [7, 11) is -0.432. The Morgan fingerprint density at radius 3 is 1.67 bits per heavy atom. The van der Waals surface area contributed by atoms with Crippen molar-refractivity contribution in [1.82, 2.24) is 0 Å². The lowest BCUT2D eigenvalue weighted by molar-refractivity contribution is 0.110. The lowest BCUT2D eigenvalue weighted by Crippen LogP contribution is -2.10. The molecule has 0 aromatic heterocycles. The van der Waals surface area contributed by atoms with Gasteiger partial charge < -0.3 is 23.7 Å². The molecule has 0 bridgehead atoms. The van der Waals surface area contributed by atoms with E-state index in [4.69, 9.17) is 23.7 Å². The van der Waals surface area contributed by atoms with Crippen LogP contribution in [0, 0.1) is 0 Å². The largest absolute Gasteiger partial charge is 0.491 e. The fourth-order valence-electron chi connectivity index (χ4n) is 5.72. The zero-order valence-electron chi connectivity index (χ0n) is 27.7. The Morgan fingerprint density at radius 2 is 1.04 bits per heavy atom. The summed E-state index contributed by atoms with van der Waals surface area (Å²) in [5, 5.41) is 5.04. The number of fused-ring (bicyclic) bond motifs is 2. The second-order valence-electron chi connectivity index (χ2n) is 11.2. The highest BCUT2D eigenvalue weighted by Crippen LogP contribution is 2.38. The minimum Gasteiger partial charge on any atom is -0.491 e. The lowest BCUT2D eigenvalue weighted by Gasteiger charge is -2.15. The van der Waals surface area contributed by atoms with Gasteiger partial charge in [0.1, 0.15) is 35.6 Å². The number of para-hydroxylation sites is 1. The molecule has 0 spiro atoms. The first kappa shape index (κ1) is 33.4. The molecule has 0 heterocycles. The molecule has 6 rings (SSSR count). The van der Waals surface area contributed by atoms with Crippen LogP contribution in [0.25, 0.3) is 21.5 Å². The summed E-state index contributed by atoms with van der Waals surface area (Å²) in [5.74, 6) is 2.54. The standard InChI is InChI=1S/C42H43O5S/c1-3-43-26-28-45-36-16-20-38(21-17-36)48(39-22-18-37(19-23-39)46-29-27-44-4-2)42-15-8-7-14-41(42)47-25-24-32-12-9-13-35-30-33-10-5-6-11-34(33)31-40(32)35/h5-23,30-31H,3-4,24-29H2,1-2H3/q+1. The van der Waals surface area contributed by atoms with Gasteiger partial charge in [-0.3, -0.25) is 0 Å². The average Bonchev–Trinajstić information content (AvgIpc) is 3.13. The maximum atomic E-state index is 6.63. The van der Waals surface area contributed by atoms with Crippen LogP contribution in [0.1, 0.15) is 19.4 Å². The van der Waals surface area contributed by atoms with E-state index in [1.807, 2.05) is 38.1 Å². The summed E-state index contributed by atoms with van der Waals surface area (Å²) in [4.78, 5) is 3.49. The van der Waals surface area contributed by atoms with Gasteiger partial charge in [-0.25, -0.2) is 0 Å². The molecule has 0 N–H and O–H groups in total. The highest BCUT2D eigenvalue weighted by Gasteiger charge is 2.32. The third-order valence-electron chi connectivity index (χ3n) is 8.05. The van der Waals surface area contributed by atoms with E-state index in [1.165, 1.54) is 36.9 Å². The van der Waals surface area contributed by atoms with Crippen molar-refractivity contribution in [3.05, 3.63) is 133 Å². The maximum Gasteiger partial charge on any atom is 0.208 e. The van der Waals surface area contributed by atoms with Crippen LogP contribution in [0.4, 0.5) is 0 Å². The van der Waals surface area contributed by atoms with Gasteiger partial charge in [-0.05, 0) is 114 Å². The molecule has 0 saturated carbocycles. The van der Waals surface area contributed by atoms with E-state index in [0.29, 0.717) is 46.2 Å². The second-order valence-corrected chi connectivity index (χ2v) is 13.2. The van der Waals surface area contributed by atoms with E-state index >= 15 is 0 Å². The van der Waals surface area contributed by atoms with Crippen molar-refractivity contribution in [3.63, 3.8) is 0 Å². The normalized spacial score (nSPS) is 11.3. The molecule has 0 amide bonds. The summed E-state index contributed by atoms with van der Waals surface area (Å²) < 4.78 is 29.4. The van der Waals surface area contributed by atoms with E-state index in [0.717, 1.165) is 28.6 Å². The molecule has 0 radical (unpaired) electrons. The lowest BCUT2D eigenvalue weighted by atomic mass is 9.98. The Bertz CT molecular complexity index is 1830. The van der Waals surface area contributed by atoms with E-state index < -0.39 is 10.9 Å². The molecule has 6 heteroatoms. The fraction of sp³-hybridized carbons (Fsp3) is 0.238. The number of hydrogen-bond donors (Lipinski definition) is 0. The van der Waals surface area contributed by atoms with Gasteiger partial charge in [-0.15, -0.1) is 0 Å². The van der Waals surface area contributed by atoms with Gasteiger partial charge in [0.05, 0.1) is 19.8 Å². The average molecular weight is 660 g/mol. The first-order valence-corrected chi connectivity index (χ1v) is 17.9. The maximum absolute atomic E-state index is 6.63. The smallest absolute Gasteiger partial charge is 0.208 e. The molecule has 0 aliphatic heterocycles. The van der Waals surface area contributed by atoms with E-state index in [2.05, 4.69) is 103 Å². The molecule has 5 nitrogen and oxygen atoms in total. The topological polar surface area (TPSA) is 46.2 Å². The van der Waals surface area contributed by atoms with Crippen LogP contribution in [0.2, 0.25) is 0 Å². The van der Waals surface area contributed by atoms with Crippen LogP contribution < -0.4 is 14.2 Å². The monoisotopic (exact) mass is 659 g/mol. The van der Waals surface area contributed by atoms with Gasteiger partial charge in [0.15, 0.2) is 15.5 Å². The zero-order chi connectivity index (χ0) is 33.0. The fourth-order valence-corrected chi connectivity index (χ4v) is 7.86. The van der Waals surface area contributed by atoms with Crippen molar-refractivity contribution >= 4 is 32.4 Å². The zero-order valence-corrected chi connectivity index (χ0v) is 28.5. The van der Waals surface area contributed by atoms with Crippen LogP contribution >= 0.6 is 0 Å². The van der Waals surface area contributed by atoms with E-state index in [9.17, 15) is 0 Å². The first-order chi connectivity index (χ1) is 23.7. The minimum atomic E-state index is -0.432. The molecule has 0 aliphatic carbocycles. The van der Waals surface area contributed by atoms with Gasteiger partial charge in [-0.2, -0.15) is 0 Å². The van der Waals surface area contributed by atoms with Crippen molar-refractivity contribution in [2.24, 2.45) is 0 Å². The number of ether oxygens (including phenoxy) is 5. The van der Waals surface area contributed by atoms with Crippen molar-refractivity contribution in [2.45, 2.75) is 35.0 Å². The molecule has 6 aromatic rings. The SMILES string of the molecule is CCOCCOc1ccc([S+](c2ccc(OCCOCC)cc2)c2ccccc2OCCc2cccc3cc4ccccc4cc23)cc1. The highest BCUT2D eigenvalue weighted by atomic mass is 32.2. The predicted molar refractivity (Wildman–Crippen MR) is 196 cm³/mol. The van der Waals surface area contributed by atoms with Crippen molar-refractivity contribution in [2.75, 3.05) is 46.2 Å². The van der Waals surface area contributed by atoms with Crippen LogP contribution in [0.5, 0.6) is 17.2 Å². The van der Waals surface area contributed by atoms with E-state index in [1.54, 1.807) is 0 Å². The quantitative estimate of drug-likeness (QED) is 0.0555. The van der Waals surface area contributed by atoms with Crippen LogP contribution in [-0.2, 0) is 26.8 Å². The van der Waals surface area contributed by atoms with Gasteiger partial charge in [0.25, 0.3) is 0 Å². The number of rotatable bonds is 17. The number of hydrogen-bond acceptors (Lipinski definition) is 5. The summed E-state index contributed by atoms with van der Waals surface area (Å²) in [6, 6.07) is 44.9. The summed E-state index contributed by atoms with van der Waals surface area (Å²) >= 11 is 0. The van der Waals surface area contributed by atoms with Crippen LogP contribution in [0.3, 0.4) is 0 Å². The molecule has 6 aromatic carbocycles. The molecule has 48 heavy (non-hydrogen) atoms. The van der Waals surface area contributed by atoms with Gasteiger partial charge in [0.2, 0.25) is 4.90 Å². The van der Waals surface area contributed by atoms with Gasteiger partial charge in [-0.1, -0.05) is 54.6 Å². The number of benzene rings is 6. The molecule has 0 fully saturated rings. The van der Waals surface area contributed by atoms with E-state index in [-0.39, 0.29) is 0 Å². The Kier molecular flexibility index (Phi) is 11.9. The highest BCUT2D eigenvalue weighted by molar-refractivity contribution is 7.97. The molecule has 0 saturated heterocycles. The summed E-state index contributed by atoms with van der Waals surface area (Å²) in [6.45, 7) is 8.10. The molecular formula is C42H43O5S+. The van der Waals surface area contributed by atoms with Crippen LogP contribution in [-0.4, -0.2) is 46.2 Å². The minimum absolute atomic E-state index is 0.432. The molecule has 246 valence electrons. The summed E-state index contributed by atoms with van der Waals surface area (Å²) in [5.41, 5.74) is 1.29. The Balaban J connectivity index is 1.25. The predicted octanol–water partition coefficient (Wildman–Crippen LogP) is 9.54. The Labute approximate surface area is 286 Å². The molecular weight excluding hydrogens is 617 g/mol. The third-order valence-corrected chi connectivity index (χ3v) is 10.3. The molecule has 0 atom stereocenters. The van der Waals surface area contributed by atoms with Crippen molar-refractivity contribution < 1.29 is 23.7 Å². The Morgan fingerprint density at radius 1 is 0.479 bits per heavy atom. The van der Waals surface area contributed by atoms with Crippen LogP contribution in [0.15, 0.2) is 142 Å². The van der Waals surface area contributed by atoms with Gasteiger partial charge >= 0.3 is 0 Å². The Hall–Kier alpha value is -4.49. The second kappa shape index (κ2) is 17.1.